The summed E-state index contributed by atoms with van der Waals surface area (Å²) in [6, 6.07) is 4.28. The van der Waals surface area contributed by atoms with Gasteiger partial charge in [0.05, 0.1) is 0 Å². The molecule has 0 unspecified atom stereocenters. The van der Waals surface area contributed by atoms with Gasteiger partial charge in [0.1, 0.15) is 0 Å². The van der Waals surface area contributed by atoms with Crippen molar-refractivity contribution in [2.75, 3.05) is 0 Å². The van der Waals surface area contributed by atoms with Gasteiger partial charge in [-0.3, -0.25) is 0 Å². The molecule has 7 heteroatoms. The number of hydrogen-bond donors (Lipinski definition) is 0. The molecule has 128 valence electrons. The van der Waals surface area contributed by atoms with Gasteiger partial charge in [0.2, 0.25) is 0 Å². The van der Waals surface area contributed by atoms with E-state index in [-0.39, 0.29) is 30.7 Å². The van der Waals surface area contributed by atoms with Gasteiger partial charge in [0, 0.05) is 0 Å². The molecule has 5 atom stereocenters. The van der Waals surface area contributed by atoms with E-state index in [2.05, 4.69) is 17.5 Å². The molecule has 0 bridgehead atoms. The average molecular weight is 405 g/mol. The number of rotatable bonds is 3. The zero-order chi connectivity index (χ0) is 16.2. The van der Waals surface area contributed by atoms with Crippen molar-refractivity contribution in [3.63, 3.8) is 0 Å². The van der Waals surface area contributed by atoms with E-state index in [4.69, 9.17) is 23.7 Å². The van der Waals surface area contributed by atoms with E-state index < -0.39 is 11.6 Å². The van der Waals surface area contributed by atoms with Gasteiger partial charge in [-0.25, -0.2) is 0 Å². The quantitative estimate of drug-likeness (QED) is 0.719. The molecule has 23 heavy (non-hydrogen) atoms. The van der Waals surface area contributed by atoms with Gasteiger partial charge >= 0.3 is 147 Å². The Hall–Kier alpha value is 0.0195. The van der Waals surface area contributed by atoms with Crippen molar-refractivity contribution in [2.45, 2.75) is 75.3 Å². The van der Waals surface area contributed by atoms with Crippen molar-refractivity contribution in [3.8, 4) is 0 Å². The summed E-state index contributed by atoms with van der Waals surface area (Å²) in [5.41, 5.74) is 0. The van der Waals surface area contributed by atoms with Crippen LogP contribution in [0.15, 0.2) is 17.5 Å². The molecule has 1 aromatic rings. The Morgan fingerprint density at radius 2 is 1.70 bits per heavy atom. The number of ether oxygens (including phenoxy) is 5. The summed E-state index contributed by atoms with van der Waals surface area (Å²) >= 11 is 2.16. The third-order valence-corrected chi connectivity index (χ3v) is 7.94. The summed E-state index contributed by atoms with van der Waals surface area (Å²) in [5.74, 6) is -1.26. The second-order valence-electron chi connectivity index (χ2n) is 6.95. The predicted octanol–water partition coefficient (Wildman–Crippen LogP) is 1.89. The van der Waals surface area contributed by atoms with Crippen LogP contribution in [0.3, 0.4) is 0 Å². The van der Waals surface area contributed by atoms with Gasteiger partial charge in [-0.1, -0.05) is 0 Å². The first-order chi connectivity index (χ1) is 10.8. The van der Waals surface area contributed by atoms with E-state index in [1.54, 1.807) is 11.3 Å². The maximum atomic E-state index is 6.22. The molecular weight excluding hydrogens is 383 g/mol. The van der Waals surface area contributed by atoms with Crippen molar-refractivity contribution in [1.29, 1.82) is 0 Å². The molecule has 0 radical (unpaired) electrons. The van der Waals surface area contributed by atoms with Crippen LogP contribution in [0, 0.1) is 0 Å². The molecule has 5 nitrogen and oxygen atoms in total. The number of hydrogen-bond acceptors (Lipinski definition) is 6. The van der Waals surface area contributed by atoms with Crippen LogP contribution in [-0.2, 0) is 23.7 Å². The first-order valence-corrected chi connectivity index (χ1v) is 10.8. The molecule has 0 amide bonds. The molecule has 4 heterocycles. The van der Waals surface area contributed by atoms with Crippen molar-refractivity contribution < 1.29 is 23.7 Å². The fourth-order valence-corrected chi connectivity index (χ4v) is 6.60. The first kappa shape index (κ1) is 16.5. The monoisotopic (exact) mass is 406 g/mol. The summed E-state index contributed by atoms with van der Waals surface area (Å²) in [4.78, 5) is 0. The molecule has 0 aromatic carbocycles. The normalized spacial score (nSPS) is 40.8. The number of fused-ring (bicyclic) bond motifs is 3. The Morgan fingerprint density at radius 1 is 1.00 bits per heavy atom. The van der Waals surface area contributed by atoms with Crippen LogP contribution < -0.4 is 3.78 Å². The molecule has 0 saturated carbocycles. The second-order valence-corrected chi connectivity index (χ2v) is 10.7. The molecule has 0 spiro atoms. The van der Waals surface area contributed by atoms with Gasteiger partial charge in [0.15, 0.2) is 0 Å². The number of thiophene rings is 1. The maximum absolute atomic E-state index is 6.22. The SMILES string of the molecule is CC1(C)O[C@H]2[C@@H](O1)[C@@H](C[Se]c1cccs1)O[C@@H]1OC(C)(C)O[C@@H]12. The van der Waals surface area contributed by atoms with Gasteiger partial charge in [-0.05, 0) is 0 Å². The van der Waals surface area contributed by atoms with E-state index in [0.717, 1.165) is 5.32 Å². The summed E-state index contributed by atoms with van der Waals surface area (Å²) in [6.45, 7) is 7.72. The molecule has 3 aliphatic heterocycles. The van der Waals surface area contributed by atoms with E-state index >= 15 is 0 Å². The Balaban J connectivity index is 1.53. The summed E-state index contributed by atoms with van der Waals surface area (Å²) in [6.07, 6.45) is -0.891. The average Bonchev–Trinajstić information content (AvgIpc) is 3.11. The third-order valence-electron chi connectivity index (χ3n) is 4.14. The molecule has 3 saturated heterocycles. The van der Waals surface area contributed by atoms with Crippen LogP contribution in [0.25, 0.3) is 0 Å². The standard InChI is InChI=1S/C16H22O5SSe/c1-15(2)18-11-9(8-23-10-6-5-7-22-10)17-14-13(12(11)19-15)20-16(3,4)21-14/h5-7,9,11-14H,8H2,1-4H3/t9-,11+,12+,13-,14-/m1/s1. The Morgan fingerprint density at radius 3 is 2.43 bits per heavy atom. The fraction of sp³-hybridized carbons (Fsp3) is 0.750. The Bertz CT molecular complexity index is 561. The van der Waals surface area contributed by atoms with Crippen LogP contribution in [0.4, 0.5) is 0 Å². The zero-order valence-electron chi connectivity index (χ0n) is 13.7. The zero-order valence-corrected chi connectivity index (χ0v) is 16.2. The van der Waals surface area contributed by atoms with Crippen molar-refractivity contribution in [3.05, 3.63) is 17.5 Å². The molecular formula is C16H22O5SSe. The Kier molecular flexibility index (Phi) is 4.14. The van der Waals surface area contributed by atoms with Gasteiger partial charge < -0.3 is 0 Å². The van der Waals surface area contributed by atoms with Crippen molar-refractivity contribution in [1.82, 2.24) is 0 Å². The van der Waals surface area contributed by atoms with Gasteiger partial charge in [0.25, 0.3) is 0 Å². The van der Waals surface area contributed by atoms with Crippen LogP contribution in [0.1, 0.15) is 27.7 Å². The first-order valence-electron chi connectivity index (χ1n) is 7.86. The second kappa shape index (κ2) is 5.78. The van der Waals surface area contributed by atoms with E-state index in [1.165, 1.54) is 3.78 Å². The van der Waals surface area contributed by atoms with Crippen molar-refractivity contribution in [2.24, 2.45) is 0 Å². The molecule has 3 aliphatic rings. The van der Waals surface area contributed by atoms with Gasteiger partial charge in [-0.15, -0.1) is 0 Å². The molecule has 1 aromatic heterocycles. The van der Waals surface area contributed by atoms with Crippen LogP contribution >= 0.6 is 11.3 Å². The molecule has 0 N–H and O–H groups in total. The van der Waals surface area contributed by atoms with Crippen LogP contribution in [0.5, 0.6) is 0 Å². The van der Waals surface area contributed by atoms with E-state index in [1.807, 2.05) is 27.7 Å². The topological polar surface area (TPSA) is 46.2 Å². The third kappa shape index (κ3) is 3.26. The fourth-order valence-electron chi connectivity index (χ4n) is 3.34. The van der Waals surface area contributed by atoms with Crippen molar-refractivity contribution >= 4 is 30.1 Å². The van der Waals surface area contributed by atoms with Crippen LogP contribution in [-0.4, -0.2) is 57.2 Å². The summed E-state index contributed by atoms with van der Waals surface area (Å²) in [5, 5.41) is 3.06. The Labute approximate surface area is 146 Å². The summed E-state index contributed by atoms with van der Waals surface area (Å²) < 4.78 is 31.8. The van der Waals surface area contributed by atoms with E-state index in [9.17, 15) is 0 Å². The minimum atomic E-state index is -0.649. The predicted molar refractivity (Wildman–Crippen MR) is 87.0 cm³/mol. The molecule has 4 rings (SSSR count). The summed E-state index contributed by atoms with van der Waals surface area (Å²) in [7, 11) is 0. The molecule has 3 fully saturated rings. The van der Waals surface area contributed by atoms with Gasteiger partial charge in [-0.2, -0.15) is 0 Å². The molecule has 0 aliphatic carbocycles. The van der Waals surface area contributed by atoms with E-state index in [0.29, 0.717) is 15.0 Å². The minimum absolute atomic E-state index is 0.0253. The van der Waals surface area contributed by atoms with Crippen LogP contribution in [0.2, 0.25) is 5.32 Å².